The van der Waals surface area contributed by atoms with Crippen molar-refractivity contribution in [2.75, 3.05) is 6.54 Å². The first-order valence-electron chi connectivity index (χ1n) is 6.74. The van der Waals surface area contributed by atoms with E-state index in [1.807, 2.05) is 0 Å². The second kappa shape index (κ2) is 6.91. The number of rotatable bonds is 6. The van der Waals surface area contributed by atoms with E-state index in [4.69, 9.17) is 5.73 Å². The number of nitro groups is 1. The van der Waals surface area contributed by atoms with Gasteiger partial charge in [0.1, 0.15) is 0 Å². The third kappa shape index (κ3) is 3.95. The second-order valence-electron chi connectivity index (χ2n) is 5.46. The summed E-state index contributed by atoms with van der Waals surface area (Å²) in [4.78, 5) is 10.2. The Morgan fingerprint density at radius 1 is 1.36 bits per heavy atom. The normalized spacial score (nSPS) is 16.0. The van der Waals surface area contributed by atoms with Gasteiger partial charge in [0.2, 0.25) is 10.0 Å². The Morgan fingerprint density at radius 3 is 2.36 bits per heavy atom. The Bertz CT molecular complexity index is 674. The van der Waals surface area contributed by atoms with Gasteiger partial charge in [-0.15, -0.1) is 12.4 Å². The molecule has 0 aromatic heterocycles. The fraction of sp³-hybridized carbons (Fsp3) is 0.538. The molecule has 7 nitrogen and oxygen atoms in total. The molecule has 1 saturated carbocycles. The minimum atomic E-state index is -3.96. The molecule has 1 aromatic carbocycles. The van der Waals surface area contributed by atoms with Gasteiger partial charge in [-0.05, 0) is 49.8 Å². The highest BCUT2D eigenvalue weighted by Gasteiger charge is 2.35. The highest BCUT2D eigenvalue weighted by atomic mass is 35.5. The van der Waals surface area contributed by atoms with Crippen LogP contribution >= 0.6 is 12.4 Å². The zero-order valence-corrected chi connectivity index (χ0v) is 14.0. The minimum Gasteiger partial charge on any atom is -0.329 e. The van der Waals surface area contributed by atoms with Gasteiger partial charge in [-0.1, -0.05) is 0 Å². The molecule has 1 fully saturated rings. The van der Waals surface area contributed by atoms with Crippen LogP contribution in [0.3, 0.4) is 0 Å². The summed E-state index contributed by atoms with van der Waals surface area (Å²) in [5, 5.41) is 11.1. The molecule has 22 heavy (non-hydrogen) atoms. The van der Waals surface area contributed by atoms with E-state index in [9.17, 15) is 18.5 Å². The number of halogens is 1. The van der Waals surface area contributed by atoms with Gasteiger partial charge < -0.3 is 5.73 Å². The molecule has 1 unspecified atom stereocenters. The highest BCUT2D eigenvalue weighted by molar-refractivity contribution is 7.89. The molecular weight excluding hydrogens is 330 g/mol. The summed E-state index contributed by atoms with van der Waals surface area (Å²) in [7, 11) is -3.96. The summed E-state index contributed by atoms with van der Waals surface area (Å²) in [6.07, 6.45) is 1.86. The topological polar surface area (TPSA) is 115 Å². The predicted octanol–water partition coefficient (Wildman–Crippen LogP) is 1.65. The molecule has 0 bridgehead atoms. The van der Waals surface area contributed by atoms with Crippen molar-refractivity contribution in [2.45, 2.75) is 37.6 Å². The van der Waals surface area contributed by atoms with Crippen molar-refractivity contribution >= 4 is 28.1 Å². The average Bonchev–Trinajstić information content (AvgIpc) is 3.22. The molecule has 0 saturated heterocycles. The van der Waals surface area contributed by atoms with Crippen LogP contribution in [0.15, 0.2) is 17.0 Å². The van der Waals surface area contributed by atoms with Crippen LogP contribution in [0, 0.1) is 29.9 Å². The van der Waals surface area contributed by atoms with Crippen LogP contribution in [0.1, 0.15) is 24.0 Å². The van der Waals surface area contributed by atoms with E-state index in [0.29, 0.717) is 11.1 Å². The molecule has 0 radical (unpaired) electrons. The van der Waals surface area contributed by atoms with Crippen LogP contribution in [-0.2, 0) is 10.0 Å². The quantitative estimate of drug-likeness (QED) is 0.598. The maximum absolute atomic E-state index is 12.5. The largest absolute Gasteiger partial charge is 0.329 e. The number of hydrogen-bond donors (Lipinski definition) is 2. The Hall–Kier alpha value is -1.22. The number of nitro benzene ring substituents is 1. The molecule has 124 valence electrons. The van der Waals surface area contributed by atoms with Crippen molar-refractivity contribution in [2.24, 2.45) is 11.7 Å². The molecule has 1 aliphatic carbocycles. The van der Waals surface area contributed by atoms with Gasteiger partial charge in [-0.2, -0.15) is 0 Å². The van der Waals surface area contributed by atoms with Gasteiger partial charge in [0.15, 0.2) is 4.90 Å². The Balaban J connectivity index is 0.00000242. The number of nitrogens with two attached hydrogens (primary N) is 1. The fourth-order valence-electron chi connectivity index (χ4n) is 2.23. The number of aryl methyl sites for hydroxylation is 2. The zero-order valence-electron chi connectivity index (χ0n) is 12.4. The maximum Gasteiger partial charge on any atom is 0.289 e. The summed E-state index contributed by atoms with van der Waals surface area (Å²) in [5.41, 5.74) is 6.55. The Labute approximate surface area is 135 Å². The monoisotopic (exact) mass is 349 g/mol. The first-order valence-corrected chi connectivity index (χ1v) is 8.22. The molecule has 1 aliphatic rings. The summed E-state index contributed by atoms with van der Waals surface area (Å²) < 4.78 is 27.4. The van der Waals surface area contributed by atoms with Gasteiger partial charge >= 0.3 is 0 Å². The summed E-state index contributed by atoms with van der Waals surface area (Å²) in [6.45, 7) is 3.61. The van der Waals surface area contributed by atoms with E-state index in [1.54, 1.807) is 13.8 Å². The van der Waals surface area contributed by atoms with Crippen LogP contribution in [0.2, 0.25) is 0 Å². The molecule has 0 amide bonds. The van der Waals surface area contributed by atoms with E-state index in [2.05, 4.69) is 4.72 Å². The number of benzene rings is 1. The lowest BCUT2D eigenvalue weighted by molar-refractivity contribution is -0.387. The summed E-state index contributed by atoms with van der Waals surface area (Å²) >= 11 is 0. The predicted molar refractivity (Wildman–Crippen MR) is 85.7 cm³/mol. The number of sulfonamides is 1. The molecule has 2 rings (SSSR count). The molecule has 0 aliphatic heterocycles. The van der Waals surface area contributed by atoms with Crippen LogP contribution in [-0.4, -0.2) is 25.9 Å². The van der Waals surface area contributed by atoms with Crippen molar-refractivity contribution < 1.29 is 13.3 Å². The van der Waals surface area contributed by atoms with Crippen molar-refractivity contribution in [1.29, 1.82) is 0 Å². The van der Waals surface area contributed by atoms with Gasteiger partial charge in [-0.3, -0.25) is 10.1 Å². The third-order valence-electron chi connectivity index (χ3n) is 3.81. The molecule has 3 N–H and O–H groups in total. The molecule has 1 atom stereocenters. The van der Waals surface area contributed by atoms with E-state index in [1.165, 1.54) is 12.1 Å². The van der Waals surface area contributed by atoms with Gasteiger partial charge in [-0.25, -0.2) is 13.1 Å². The highest BCUT2D eigenvalue weighted by Crippen LogP contribution is 2.34. The number of nitrogens with one attached hydrogen (secondary N) is 1. The van der Waals surface area contributed by atoms with Crippen LogP contribution in [0.4, 0.5) is 5.69 Å². The first kappa shape index (κ1) is 18.8. The lowest BCUT2D eigenvalue weighted by Gasteiger charge is -2.16. The number of nitrogens with zero attached hydrogens (tertiary/aromatic N) is 1. The zero-order chi connectivity index (χ0) is 15.8. The van der Waals surface area contributed by atoms with E-state index < -0.39 is 20.6 Å². The van der Waals surface area contributed by atoms with Gasteiger partial charge in [0, 0.05) is 18.7 Å². The molecular formula is C13H20ClN3O4S. The third-order valence-corrected chi connectivity index (χ3v) is 5.33. The Kier molecular flexibility index (Phi) is 5.91. The van der Waals surface area contributed by atoms with Gasteiger partial charge in [0.05, 0.1) is 4.92 Å². The van der Waals surface area contributed by atoms with Crippen molar-refractivity contribution in [3.8, 4) is 0 Å². The maximum atomic E-state index is 12.5. The van der Waals surface area contributed by atoms with Crippen molar-refractivity contribution in [3.63, 3.8) is 0 Å². The Morgan fingerprint density at radius 2 is 1.91 bits per heavy atom. The second-order valence-corrected chi connectivity index (χ2v) is 7.14. The molecule has 1 aromatic rings. The number of hydrogen-bond acceptors (Lipinski definition) is 5. The SMILES string of the molecule is Cc1cc([N+](=O)[O-])c(S(=O)(=O)NC(CN)C2CC2)cc1C.Cl. The lowest BCUT2D eigenvalue weighted by Crippen LogP contribution is -2.41. The molecule has 0 heterocycles. The summed E-state index contributed by atoms with van der Waals surface area (Å²) in [5.74, 6) is 0.232. The van der Waals surface area contributed by atoms with Crippen molar-refractivity contribution in [3.05, 3.63) is 33.4 Å². The average molecular weight is 350 g/mol. The standard InChI is InChI=1S/C13H19N3O4S.ClH/c1-8-5-12(16(17)18)13(6-9(8)2)21(19,20)15-11(7-14)10-3-4-10;/h5-6,10-11,15H,3-4,7,14H2,1-2H3;1H. The minimum absolute atomic E-state index is 0. The summed E-state index contributed by atoms with van der Waals surface area (Å²) in [6, 6.07) is 2.27. The molecule has 0 spiro atoms. The first-order chi connectivity index (χ1) is 9.76. The smallest absolute Gasteiger partial charge is 0.289 e. The van der Waals surface area contributed by atoms with E-state index in [-0.39, 0.29) is 35.8 Å². The fourth-order valence-corrected chi connectivity index (χ4v) is 3.79. The van der Waals surface area contributed by atoms with E-state index >= 15 is 0 Å². The van der Waals surface area contributed by atoms with Crippen molar-refractivity contribution in [1.82, 2.24) is 4.72 Å². The van der Waals surface area contributed by atoms with Crippen LogP contribution in [0.25, 0.3) is 0 Å². The van der Waals surface area contributed by atoms with Crippen LogP contribution in [0.5, 0.6) is 0 Å². The van der Waals surface area contributed by atoms with Gasteiger partial charge in [0.25, 0.3) is 5.69 Å². The van der Waals surface area contributed by atoms with E-state index in [0.717, 1.165) is 12.8 Å². The van der Waals surface area contributed by atoms with Crippen LogP contribution < -0.4 is 10.5 Å². The molecule has 9 heteroatoms. The lowest BCUT2D eigenvalue weighted by atomic mass is 10.1.